The number of hydrogen-bond acceptors (Lipinski definition) is 3. The predicted octanol–water partition coefficient (Wildman–Crippen LogP) is 3.78. The summed E-state index contributed by atoms with van der Waals surface area (Å²) >= 11 is 11.8. The summed E-state index contributed by atoms with van der Waals surface area (Å²) in [5.74, 6) is -0.395. The first-order valence-electron chi connectivity index (χ1n) is 6.62. The van der Waals surface area contributed by atoms with Crippen LogP contribution in [-0.4, -0.2) is 22.3 Å². The molecule has 7 heteroatoms. The van der Waals surface area contributed by atoms with Gasteiger partial charge in [-0.3, -0.25) is 9.89 Å². The lowest BCUT2D eigenvalue weighted by Gasteiger charge is -2.14. The smallest absolute Gasteiger partial charge is 0.281 e. The molecule has 0 bridgehead atoms. The van der Waals surface area contributed by atoms with Gasteiger partial charge in [-0.2, -0.15) is 10.2 Å². The van der Waals surface area contributed by atoms with Crippen LogP contribution in [0.15, 0.2) is 29.4 Å². The summed E-state index contributed by atoms with van der Waals surface area (Å²) in [5, 5.41) is 11.7. The molecule has 0 spiro atoms. The van der Waals surface area contributed by atoms with Crippen molar-refractivity contribution in [3.05, 3.63) is 51.3 Å². The van der Waals surface area contributed by atoms with Gasteiger partial charge in [-0.15, -0.1) is 0 Å². The number of rotatable bonds is 3. The monoisotopic (exact) mass is 338 g/mol. The van der Waals surface area contributed by atoms with Crippen LogP contribution in [0.2, 0.25) is 10.0 Å². The highest BCUT2D eigenvalue weighted by molar-refractivity contribution is 6.36. The second-order valence-electron chi connectivity index (χ2n) is 5.78. The molecule has 5 nitrogen and oxygen atoms in total. The molecule has 1 aromatic heterocycles. The Balaban J connectivity index is 2.03. The fourth-order valence-electron chi connectivity index (χ4n) is 1.65. The van der Waals surface area contributed by atoms with Crippen LogP contribution in [-0.2, 0) is 5.41 Å². The van der Waals surface area contributed by atoms with E-state index in [1.165, 1.54) is 6.21 Å². The lowest BCUT2D eigenvalue weighted by Crippen LogP contribution is -2.18. The van der Waals surface area contributed by atoms with Crippen LogP contribution in [0.3, 0.4) is 0 Å². The number of benzene rings is 1. The zero-order valence-electron chi connectivity index (χ0n) is 12.4. The van der Waals surface area contributed by atoms with Gasteiger partial charge in [0.05, 0.1) is 11.2 Å². The first kappa shape index (κ1) is 16.5. The Labute approximate surface area is 138 Å². The molecule has 22 heavy (non-hydrogen) atoms. The number of nitrogens with one attached hydrogen (secondary N) is 2. The third kappa shape index (κ3) is 4.08. The fraction of sp³-hybridized carbons (Fsp3) is 0.267. The number of carbonyl (C=O) groups is 1. The van der Waals surface area contributed by atoms with E-state index in [0.29, 0.717) is 15.6 Å². The van der Waals surface area contributed by atoms with Gasteiger partial charge < -0.3 is 0 Å². The van der Waals surface area contributed by atoms with E-state index in [-0.39, 0.29) is 11.1 Å². The third-order valence-electron chi connectivity index (χ3n) is 2.95. The molecule has 0 atom stereocenters. The lowest BCUT2D eigenvalue weighted by atomic mass is 9.92. The van der Waals surface area contributed by atoms with E-state index in [9.17, 15) is 4.79 Å². The number of nitrogens with zero attached hydrogens (tertiary/aromatic N) is 2. The summed E-state index contributed by atoms with van der Waals surface area (Å²) in [4.78, 5) is 12.0. The summed E-state index contributed by atoms with van der Waals surface area (Å²) in [6, 6.07) is 6.72. The Bertz CT molecular complexity index is 717. The van der Waals surface area contributed by atoms with E-state index in [1.807, 2.05) is 20.8 Å². The van der Waals surface area contributed by atoms with E-state index in [0.717, 1.165) is 5.69 Å². The van der Waals surface area contributed by atoms with Crippen molar-refractivity contribution >= 4 is 35.3 Å². The van der Waals surface area contributed by atoms with Crippen molar-refractivity contribution in [3.63, 3.8) is 0 Å². The van der Waals surface area contributed by atoms with E-state index in [4.69, 9.17) is 23.2 Å². The molecule has 2 aromatic rings. The molecular formula is C15H16Cl2N4O. The molecule has 0 aliphatic carbocycles. The standard InChI is InChI=1S/C15H16Cl2N4O/c1-15(2,3)13-7-12(19-20-13)14(22)21-18-8-9-4-5-10(16)6-11(9)17/h4-8H,1-3H3,(H,19,20)(H,21,22)/b18-8+. The van der Waals surface area contributed by atoms with Crippen LogP contribution in [0.25, 0.3) is 0 Å². The maximum atomic E-state index is 12.0. The summed E-state index contributed by atoms with van der Waals surface area (Å²) in [5.41, 5.74) is 4.12. The van der Waals surface area contributed by atoms with Crippen LogP contribution in [0, 0.1) is 0 Å². The maximum Gasteiger partial charge on any atom is 0.291 e. The van der Waals surface area contributed by atoms with Crippen LogP contribution >= 0.6 is 23.2 Å². The van der Waals surface area contributed by atoms with Crippen molar-refractivity contribution in [3.8, 4) is 0 Å². The van der Waals surface area contributed by atoms with Crippen molar-refractivity contribution < 1.29 is 4.79 Å². The van der Waals surface area contributed by atoms with Gasteiger partial charge in [-0.1, -0.05) is 50.0 Å². The second kappa shape index (κ2) is 6.50. The zero-order valence-corrected chi connectivity index (χ0v) is 14.0. The van der Waals surface area contributed by atoms with Crippen LogP contribution < -0.4 is 5.43 Å². The number of aromatic nitrogens is 2. The summed E-state index contributed by atoms with van der Waals surface area (Å²) in [7, 11) is 0. The molecule has 0 aliphatic heterocycles. The molecule has 0 saturated carbocycles. The van der Waals surface area contributed by atoms with Gasteiger partial charge in [0.25, 0.3) is 5.91 Å². The van der Waals surface area contributed by atoms with Gasteiger partial charge in [0.1, 0.15) is 0 Å². The first-order valence-corrected chi connectivity index (χ1v) is 7.37. The van der Waals surface area contributed by atoms with Gasteiger partial charge in [0.15, 0.2) is 5.69 Å². The minimum absolute atomic E-state index is 0.106. The minimum atomic E-state index is -0.395. The Morgan fingerprint density at radius 2 is 2.05 bits per heavy atom. The molecule has 2 N–H and O–H groups in total. The number of amides is 1. The largest absolute Gasteiger partial charge is 0.291 e. The highest BCUT2D eigenvalue weighted by Crippen LogP contribution is 2.20. The average molecular weight is 339 g/mol. The average Bonchev–Trinajstić information content (AvgIpc) is 2.90. The number of carbonyl (C=O) groups excluding carboxylic acids is 1. The van der Waals surface area contributed by atoms with Gasteiger partial charge in [-0.25, -0.2) is 5.43 Å². The Kier molecular flexibility index (Phi) is 4.88. The first-order chi connectivity index (χ1) is 10.3. The molecule has 0 unspecified atom stereocenters. The molecule has 0 fully saturated rings. The zero-order chi connectivity index (χ0) is 16.3. The number of aromatic amines is 1. The van der Waals surface area contributed by atoms with Crippen molar-refractivity contribution in [2.75, 3.05) is 0 Å². The highest BCUT2D eigenvalue weighted by atomic mass is 35.5. The van der Waals surface area contributed by atoms with Crippen molar-refractivity contribution in [1.29, 1.82) is 0 Å². The van der Waals surface area contributed by atoms with E-state index < -0.39 is 5.91 Å². The molecule has 0 radical (unpaired) electrons. The van der Waals surface area contributed by atoms with Gasteiger partial charge >= 0.3 is 0 Å². The quantitative estimate of drug-likeness (QED) is 0.660. The summed E-state index contributed by atoms with van der Waals surface area (Å²) in [6.45, 7) is 6.09. The van der Waals surface area contributed by atoms with Crippen molar-refractivity contribution in [2.24, 2.45) is 5.10 Å². The molecule has 0 saturated heterocycles. The van der Waals surface area contributed by atoms with Crippen LogP contribution in [0.4, 0.5) is 0 Å². The predicted molar refractivity (Wildman–Crippen MR) is 88.8 cm³/mol. The molecule has 116 valence electrons. The minimum Gasteiger partial charge on any atom is -0.281 e. The molecule has 1 aromatic carbocycles. The van der Waals surface area contributed by atoms with Crippen molar-refractivity contribution in [1.82, 2.24) is 15.6 Å². The number of hydrogen-bond donors (Lipinski definition) is 2. The summed E-state index contributed by atoms with van der Waals surface area (Å²) in [6.07, 6.45) is 1.45. The second-order valence-corrected chi connectivity index (χ2v) is 6.63. The highest BCUT2D eigenvalue weighted by Gasteiger charge is 2.19. The molecular weight excluding hydrogens is 323 g/mol. The molecule has 1 amide bonds. The Hall–Kier alpha value is -1.85. The number of halogens is 2. The van der Waals surface area contributed by atoms with E-state index in [2.05, 4.69) is 20.7 Å². The van der Waals surface area contributed by atoms with Crippen LogP contribution in [0.5, 0.6) is 0 Å². The molecule has 2 rings (SSSR count). The molecule has 0 aliphatic rings. The van der Waals surface area contributed by atoms with Crippen LogP contribution in [0.1, 0.15) is 42.5 Å². The number of hydrazone groups is 1. The summed E-state index contributed by atoms with van der Waals surface area (Å²) < 4.78 is 0. The lowest BCUT2D eigenvalue weighted by molar-refractivity contribution is 0.0950. The van der Waals surface area contributed by atoms with Gasteiger partial charge in [0.2, 0.25) is 0 Å². The molecule has 1 heterocycles. The third-order valence-corrected chi connectivity index (χ3v) is 3.51. The van der Waals surface area contributed by atoms with Gasteiger partial charge in [-0.05, 0) is 18.2 Å². The Morgan fingerprint density at radius 1 is 1.32 bits per heavy atom. The fourth-order valence-corrected chi connectivity index (χ4v) is 2.10. The SMILES string of the molecule is CC(C)(C)c1cc(C(=O)N/N=C/c2ccc(Cl)cc2Cl)n[nH]1. The normalized spacial score (nSPS) is 11.9. The topological polar surface area (TPSA) is 70.1 Å². The van der Waals surface area contributed by atoms with E-state index in [1.54, 1.807) is 24.3 Å². The van der Waals surface area contributed by atoms with E-state index >= 15 is 0 Å². The Morgan fingerprint density at radius 3 is 2.64 bits per heavy atom. The number of H-pyrrole nitrogens is 1. The van der Waals surface area contributed by atoms with Gasteiger partial charge in [0, 0.05) is 21.7 Å². The maximum absolute atomic E-state index is 12.0. The van der Waals surface area contributed by atoms with Crippen molar-refractivity contribution in [2.45, 2.75) is 26.2 Å².